The highest BCUT2D eigenvalue weighted by atomic mass is 32.2. The van der Waals surface area contributed by atoms with E-state index in [9.17, 15) is 13.5 Å². The molecule has 0 unspecified atom stereocenters. The summed E-state index contributed by atoms with van der Waals surface area (Å²) in [7, 11) is -3.61. The molecule has 1 aliphatic carbocycles. The lowest BCUT2D eigenvalue weighted by Crippen LogP contribution is -2.46. The van der Waals surface area contributed by atoms with Gasteiger partial charge in [-0.2, -0.15) is 0 Å². The highest BCUT2D eigenvalue weighted by molar-refractivity contribution is 7.89. The molecule has 7 heteroatoms. The van der Waals surface area contributed by atoms with Crippen LogP contribution in [0.15, 0.2) is 23.1 Å². The molecule has 0 atom stereocenters. The smallest absolute Gasteiger partial charge is 0.240 e. The number of aliphatic hydroxyl groups excluding tert-OH is 1. The van der Waals surface area contributed by atoms with Crippen molar-refractivity contribution in [2.45, 2.75) is 43.7 Å². The number of nitrogens with one attached hydrogen (secondary N) is 1. The average Bonchev–Trinajstić information content (AvgIpc) is 2.39. The fourth-order valence-corrected chi connectivity index (χ4v) is 3.45. The van der Waals surface area contributed by atoms with Gasteiger partial charge in [0.15, 0.2) is 11.5 Å². The summed E-state index contributed by atoms with van der Waals surface area (Å²) >= 11 is 0. The summed E-state index contributed by atoms with van der Waals surface area (Å²) in [6.45, 7) is 4.57. The SMILES string of the molecule is CCOc1ccc(S(=O)(=O)NC2CC(O)C2)cc1OCC. The van der Waals surface area contributed by atoms with Crippen LogP contribution < -0.4 is 14.2 Å². The fraction of sp³-hybridized carbons (Fsp3) is 0.571. The molecule has 0 aliphatic heterocycles. The summed E-state index contributed by atoms with van der Waals surface area (Å²) in [5.74, 6) is 0.938. The fourth-order valence-electron chi connectivity index (χ4n) is 2.17. The van der Waals surface area contributed by atoms with E-state index in [2.05, 4.69) is 4.72 Å². The van der Waals surface area contributed by atoms with Crippen LogP contribution in [0.3, 0.4) is 0 Å². The first-order valence-electron chi connectivity index (χ1n) is 7.06. The Morgan fingerprint density at radius 2 is 1.81 bits per heavy atom. The van der Waals surface area contributed by atoms with Crippen LogP contribution in [0.2, 0.25) is 0 Å². The zero-order valence-electron chi connectivity index (χ0n) is 12.2. The molecule has 0 saturated heterocycles. The van der Waals surface area contributed by atoms with Gasteiger partial charge in [-0.1, -0.05) is 0 Å². The Bertz CT molecular complexity index is 581. The summed E-state index contributed by atoms with van der Waals surface area (Å²) in [6.07, 6.45) is 0.500. The molecule has 6 nitrogen and oxygen atoms in total. The minimum absolute atomic E-state index is 0.135. The maximum Gasteiger partial charge on any atom is 0.240 e. The maximum atomic E-state index is 12.3. The summed E-state index contributed by atoms with van der Waals surface area (Å²) < 4.78 is 38.0. The van der Waals surface area contributed by atoms with Crippen molar-refractivity contribution in [3.05, 3.63) is 18.2 Å². The van der Waals surface area contributed by atoms with E-state index in [1.807, 2.05) is 13.8 Å². The van der Waals surface area contributed by atoms with Crippen LogP contribution >= 0.6 is 0 Å². The summed E-state index contributed by atoms with van der Waals surface area (Å²) in [4.78, 5) is 0.135. The van der Waals surface area contributed by atoms with Crippen molar-refractivity contribution in [2.75, 3.05) is 13.2 Å². The molecule has 2 N–H and O–H groups in total. The van der Waals surface area contributed by atoms with Crippen LogP contribution in [0.5, 0.6) is 11.5 Å². The van der Waals surface area contributed by atoms with Gasteiger partial charge in [-0.3, -0.25) is 0 Å². The standard InChI is InChI=1S/C14H21NO5S/c1-3-19-13-6-5-12(9-14(13)20-4-2)21(17,18)15-10-7-11(16)8-10/h5-6,9-11,15-16H,3-4,7-8H2,1-2H3. The summed E-state index contributed by atoms with van der Waals surface area (Å²) in [5, 5.41) is 9.22. The molecule has 1 fully saturated rings. The second-order valence-corrected chi connectivity index (χ2v) is 6.63. The van der Waals surface area contributed by atoms with Gasteiger partial charge in [-0.05, 0) is 38.8 Å². The molecular formula is C14H21NO5S. The first-order chi connectivity index (χ1) is 9.96. The van der Waals surface area contributed by atoms with E-state index in [4.69, 9.17) is 9.47 Å². The van der Waals surface area contributed by atoms with Crippen LogP contribution in [0.25, 0.3) is 0 Å². The van der Waals surface area contributed by atoms with Crippen LogP contribution in [0.1, 0.15) is 26.7 Å². The molecule has 21 heavy (non-hydrogen) atoms. The van der Waals surface area contributed by atoms with E-state index in [1.54, 1.807) is 6.07 Å². The van der Waals surface area contributed by atoms with Crippen molar-refractivity contribution in [1.82, 2.24) is 4.72 Å². The second-order valence-electron chi connectivity index (χ2n) is 4.92. The molecule has 1 saturated carbocycles. The third kappa shape index (κ3) is 3.87. The van der Waals surface area contributed by atoms with Crippen LogP contribution in [-0.2, 0) is 10.0 Å². The van der Waals surface area contributed by atoms with Gasteiger partial charge in [0, 0.05) is 12.1 Å². The van der Waals surface area contributed by atoms with Crippen molar-refractivity contribution in [2.24, 2.45) is 0 Å². The molecule has 2 rings (SSSR count). The minimum Gasteiger partial charge on any atom is -0.490 e. The van der Waals surface area contributed by atoms with Crippen LogP contribution in [0, 0.1) is 0 Å². The molecule has 0 spiro atoms. The van der Waals surface area contributed by atoms with Gasteiger partial charge in [-0.15, -0.1) is 0 Å². The van der Waals surface area contributed by atoms with Gasteiger partial charge in [0.25, 0.3) is 0 Å². The molecule has 1 aliphatic rings. The van der Waals surface area contributed by atoms with Crippen molar-refractivity contribution < 1.29 is 23.0 Å². The molecule has 1 aromatic carbocycles. The van der Waals surface area contributed by atoms with Gasteiger partial charge in [0.05, 0.1) is 24.2 Å². The van der Waals surface area contributed by atoms with E-state index in [-0.39, 0.29) is 10.9 Å². The van der Waals surface area contributed by atoms with E-state index in [0.29, 0.717) is 37.6 Å². The number of aliphatic hydroxyl groups is 1. The van der Waals surface area contributed by atoms with Crippen molar-refractivity contribution >= 4 is 10.0 Å². The Kier molecular flexibility index (Phi) is 5.08. The van der Waals surface area contributed by atoms with E-state index >= 15 is 0 Å². The summed E-state index contributed by atoms with van der Waals surface area (Å²) in [5.41, 5.74) is 0. The topological polar surface area (TPSA) is 84.9 Å². The van der Waals surface area contributed by atoms with Gasteiger partial charge < -0.3 is 14.6 Å². The van der Waals surface area contributed by atoms with Crippen molar-refractivity contribution in [1.29, 1.82) is 0 Å². The number of hydrogen-bond acceptors (Lipinski definition) is 5. The predicted octanol–water partition coefficient (Wildman–Crippen LogP) is 1.29. The third-order valence-electron chi connectivity index (χ3n) is 3.26. The minimum atomic E-state index is -3.61. The Labute approximate surface area is 125 Å². The van der Waals surface area contributed by atoms with E-state index in [1.165, 1.54) is 12.1 Å². The highest BCUT2D eigenvalue weighted by Crippen LogP contribution is 2.31. The zero-order valence-corrected chi connectivity index (χ0v) is 13.0. The van der Waals surface area contributed by atoms with E-state index < -0.39 is 16.1 Å². The lowest BCUT2D eigenvalue weighted by Gasteiger charge is -2.31. The number of sulfonamides is 1. The Morgan fingerprint density at radius 3 is 2.38 bits per heavy atom. The van der Waals surface area contributed by atoms with Gasteiger partial charge in [0.2, 0.25) is 10.0 Å². The van der Waals surface area contributed by atoms with Crippen LogP contribution in [-0.4, -0.2) is 38.9 Å². The lowest BCUT2D eigenvalue weighted by molar-refractivity contribution is 0.0712. The predicted molar refractivity (Wildman–Crippen MR) is 78.1 cm³/mol. The largest absolute Gasteiger partial charge is 0.490 e. The van der Waals surface area contributed by atoms with Gasteiger partial charge in [0.1, 0.15) is 0 Å². The Balaban J connectivity index is 2.20. The van der Waals surface area contributed by atoms with Gasteiger partial charge in [-0.25, -0.2) is 13.1 Å². The Hall–Kier alpha value is -1.31. The zero-order chi connectivity index (χ0) is 15.5. The average molecular weight is 315 g/mol. The number of rotatable bonds is 7. The van der Waals surface area contributed by atoms with Crippen LogP contribution in [0.4, 0.5) is 0 Å². The Morgan fingerprint density at radius 1 is 1.19 bits per heavy atom. The molecule has 118 valence electrons. The number of hydrogen-bond donors (Lipinski definition) is 2. The molecule has 1 aromatic rings. The lowest BCUT2D eigenvalue weighted by atomic mass is 9.91. The van der Waals surface area contributed by atoms with Crippen molar-refractivity contribution in [3.63, 3.8) is 0 Å². The van der Waals surface area contributed by atoms with Gasteiger partial charge >= 0.3 is 0 Å². The quantitative estimate of drug-likeness (QED) is 0.792. The summed E-state index contributed by atoms with van der Waals surface area (Å²) in [6, 6.07) is 4.35. The molecule has 0 bridgehead atoms. The monoisotopic (exact) mass is 315 g/mol. The molecule has 0 amide bonds. The molecule has 0 heterocycles. The third-order valence-corrected chi connectivity index (χ3v) is 4.78. The maximum absolute atomic E-state index is 12.3. The molecular weight excluding hydrogens is 294 g/mol. The van der Waals surface area contributed by atoms with Crippen molar-refractivity contribution in [3.8, 4) is 11.5 Å². The molecule has 0 aromatic heterocycles. The highest BCUT2D eigenvalue weighted by Gasteiger charge is 2.31. The number of ether oxygens (including phenoxy) is 2. The first-order valence-corrected chi connectivity index (χ1v) is 8.54. The first kappa shape index (κ1) is 16.1. The normalized spacial score (nSPS) is 21.7. The number of benzene rings is 1. The molecule has 0 radical (unpaired) electrons. The van der Waals surface area contributed by atoms with E-state index in [0.717, 1.165) is 0 Å². The second kappa shape index (κ2) is 6.64.